The van der Waals surface area contributed by atoms with E-state index in [1.807, 2.05) is 30.3 Å². The molecule has 1 aliphatic heterocycles. The van der Waals surface area contributed by atoms with Crippen LogP contribution in [0.2, 0.25) is 0 Å². The van der Waals surface area contributed by atoms with Crippen LogP contribution in [-0.2, 0) is 49.5 Å². The van der Waals surface area contributed by atoms with Gasteiger partial charge in [-0.25, -0.2) is 0 Å². The molecule has 3 aromatic carbocycles. The number of benzene rings is 3. The normalized spacial score (nSPS) is 20.8. The summed E-state index contributed by atoms with van der Waals surface area (Å²) >= 11 is 0. The van der Waals surface area contributed by atoms with Gasteiger partial charge in [0.2, 0.25) is 0 Å². The van der Waals surface area contributed by atoms with E-state index in [4.69, 9.17) is 28.4 Å². The van der Waals surface area contributed by atoms with Crippen molar-refractivity contribution in [1.29, 1.82) is 0 Å². The molecule has 5 atom stereocenters. The maximum Gasteiger partial charge on any atom is 0.303 e. The fourth-order valence-electron chi connectivity index (χ4n) is 5.03. The number of carbonyl (C=O) groups excluding carboxylic acids is 5. The molecule has 0 radical (unpaired) electrons. The summed E-state index contributed by atoms with van der Waals surface area (Å²) in [6.45, 7) is 4.71. The molecular formula is C34H34O11. The highest BCUT2D eigenvalue weighted by atomic mass is 16.7. The monoisotopic (exact) mass is 618 g/mol. The summed E-state index contributed by atoms with van der Waals surface area (Å²) in [5, 5.41) is 0. The van der Waals surface area contributed by atoms with Crippen LogP contribution >= 0.6 is 0 Å². The Balaban J connectivity index is 1.66. The summed E-state index contributed by atoms with van der Waals surface area (Å²) in [4.78, 5) is 59.6. The van der Waals surface area contributed by atoms with Crippen molar-refractivity contribution in [3.63, 3.8) is 0 Å². The van der Waals surface area contributed by atoms with Gasteiger partial charge in [0.15, 0.2) is 24.6 Å². The van der Waals surface area contributed by atoms with Crippen LogP contribution in [0.25, 0.3) is 11.1 Å². The predicted molar refractivity (Wildman–Crippen MR) is 159 cm³/mol. The van der Waals surface area contributed by atoms with Crippen molar-refractivity contribution in [2.24, 2.45) is 0 Å². The molecule has 0 aliphatic carbocycles. The molecule has 3 unspecified atom stereocenters. The standard InChI is InChI=1S/C34H34O11/c1-20(36)40-19-30-32(42-21(2)37)34(44-23(4)39)33(43-22(3)38)31(45-30)26-12-10-25(11-13-26)27-14-15-28(17-35)29(16-27)41-18-24-8-6-5-7-9-24/h5-17,30-34H,18-19H2,1-4H3/t30?,31-,32+,33?,34?/m0/s1. The molecule has 45 heavy (non-hydrogen) atoms. The Labute approximate surface area is 260 Å². The summed E-state index contributed by atoms with van der Waals surface area (Å²) in [7, 11) is 0. The fourth-order valence-corrected chi connectivity index (χ4v) is 5.03. The fraction of sp³-hybridized carbons (Fsp3) is 0.324. The van der Waals surface area contributed by atoms with E-state index in [1.54, 1.807) is 42.5 Å². The molecule has 11 heteroatoms. The first-order valence-electron chi connectivity index (χ1n) is 14.2. The van der Waals surface area contributed by atoms with Crippen LogP contribution in [0.5, 0.6) is 5.75 Å². The minimum Gasteiger partial charge on any atom is -0.488 e. The second-order valence-electron chi connectivity index (χ2n) is 10.4. The highest BCUT2D eigenvalue weighted by molar-refractivity contribution is 5.82. The Morgan fingerprint density at radius 3 is 1.91 bits per heavy atom. The molecule has 1 saturated heterocycles. The van der Waals surface area contributed by atoms with Gasteiger partial charge in [-0.1, -0.05) is 60.7 Å². The molecular weight excluding hydrogens is 584 g/mol. The third kappa shape index (κ3) is 8.76. The van der Waals surface area contributed by atoms with Gasteiger partial charge in [-0.05, 0) is 34.4 Å². The van der Waals surface area contributed by atoms with E-state index in [2.05, 4.69) is 0 Å². The van der Waals surface area contributed by atoms with Gasteiger partial charge in [0, 0.05) is 27.7 Å². The second-order valence-corrected chi connectivity index (χ2v) is 10.4. The van der Waals surface area contributed by atoms with Crippen molar-refractivity contribution in [1.82, 2.24) is 0 Å². The van der Waals surface area contributed by atoms with Crippen LogP contribution < -0.4 is 4.74 Å². The first-order valence-corrected chi connectivity index (χ1v) is 14.2. The molecule has 4 rings (SSSR count). The van der Waals surface area contributed by atoms with Crippen LogP contribution in [0.4, 0.5) is 0 Å². The smallest absolute Gasteiger partial charge is 0.303 e. The van der Waals surface area contributed by atoms with Crippen molar-refractivity contribution in [2.75, 3.05) is 6.61 Å². The van der Waals surface area contributed by atoms with Crippen molar-refractivity contribution >= 4 is 30.2 Å². The number of rotatable bonds is 11. The van der Waals surface area contributed by atoms with Crippen LogP contribution in [0, 0.1) is 0 Å². The van der Waals surface area contributed by atoms with Gasteiger partial charge in [0.05, 0.1) is 5.56 Å². The zero-order valence-electron chi connectivity index (χ0n) is 25.3. The van der Waals surface area contributed by atoms with Crippen LogP contribution in [0.3, 0.4) is 0 Å². The first-order chi connectivity index (χ1) is 21.5. The zero-order valence-corrected chi connectivity index (χ0v) is 25.3. The number of hydrogen-bond donors (Lipinski definition) is 0. The first kappa shape index (κ1) is 32.9. The third-order valence-electron chi connectivity index (χ3n) is 6.94. The molecule has 1 heterocycles. The molecule has 11 nitrogen and oxygen atoms in total. The van der Waals surface area contributed by atoms with E-state index in [9.17, 15) is 24.0 Å². The Morgan fingerprint density at radius 1 is 0.711 bits per heavy atom. The molecule has 0 spiro atoms. The molecule has 0 aromatic heterocycles. The topological polar surface area (TPSA) is 141 Å². The zero-order chi connectivity index (χ0) is 32.5. The number of aldehydes is 1. The highest BCUT2D eigenvalue weighted by Crippen LogP contribution is 2.38. The van der Waals surface area contributed by atoms with E-state index >= 15 is 0 Å². The molecule has 1 fully saturated rings. The predicted octanol–water partition coefficient (Wildman–Crippen LogP) is 4.54. The average molecular weight is 619 g/mol. The Morgan fingerprint density at radius 2 is 1.31 bits per heavy atom. The van der Waals surface area contributed by atoms with Crippen molar-refractivity contribution < 1.29 is 52.4 Å². The minimum atomic E-state index is -1.27. The van der Waals surface area contributed by atoms with Gasteiger partial charge in [-0.15, -0.1) is 0 Å². The second kappa shape index (κ2) is 15.1. The lowest BCUT2D eigenvalue weighted by Gasteiger charge is -2.44. The van der Waals surface area contributed by atoms with Gasteiger partial charge >= 0.3 is 23.9 Å². The third-order valence-corrected chi connectivity index (χ3v) is 6.94. The lowest BCUT2D eigenvalue weighted by Crippen LogP contribution is -2.59. The largest absolute Gasteiger partial charge is 0.488 e. The number of esters is 4. The van der Waals surface area contributed by atoms with Gasteiger partial charge < -0.3 is 28.4 Å². The van der Waals surface area contributed by atoms with Gasteiger partial charge in [-0.3, -0.25) is 24.0 Å². The molecule has 3 aromatic rings. The minimum absolute atomic E-state index is 0.285. The molecule has 236 valence electrons. The summed E-state index contributed by atoms with van der Waals surface area (Å²) in [5.41, 5.74) is 3.46. The number of hydrogen-bond acceptors (Lipinski definition) is 11. The summed E-state index contributed by atoms with van der Waals surface area (Å²) in [5.74, 6) is -2.26. The van der Waals surface area contributed by atoms with E-state index in [0.29, 0.717) is 16.9 Å². The SMILES string of the molecule is CC(=O)OCC1O[C@@H](c2ccc(-c3ccc(C=O)c(OCc4ccccc4)c3)cc2)C(OC(C)=O)C(OC(C)=O)[C@@H]1OC(C)=O. The molecule has 0 N–H and O–H groups in total. The highest BCUT2D eigenvalue weighted by Gasteiger charge is 2.52. The Hall–Kier alpha value is -5.03. The van der Waals surface area contributed by atoms with Crippen molar-refractivity contribution in [3.8, 4) is 16.9 Å². The number of carbonyl (C=O) groups is 5. The quantitative estimate of drug-likeness (QED) is 0.170. The summed E-state index contributed by atoms with van der Waals surface area (Å²) < 4.78 is 33.9. The Bertz CT molecular complexity index is 1520. The molecule has 0 saturated carbocycles. The maximum atomic E-state index is 12.2. The average Bonchev–Trinajstić information content (AvgIpc) is 3.01. The van der Waals surface area contributed by atoms with Gasteiger partial charge in [0.1, 0.15) is 31.2 Å². The molecule has 0 bridgehead atoms. The van der Waals surface area contributed by atoms with E-state index in [0.717, 1.165) is 23.0 Å². The van der Waals surface area contributed by atoms with Crippen molar-refractivity contribution in [3.05, 3.63) is 89.5 Å². The van der Waals surface area contributed by atoms with Crippen LogP contribution in [0.1, 0.15) is 55.3 Å². The molecule has 1 aliphatic rings. The van der Waals surface area contributed by atoms with Gasteiger partial charge in [-0.2, -0.15) is 0 Å². The van der Waals surface area contributed by atoms with E-state index in [-0.39, 0.29) is 13.2 Å². The van der Waals surface area contributed by atoms with Crippen molar-refractivity contribution in [2.45, 2.75) is 64.8 Å². The van der Waals surface area contributed by atoms with Crippen LogP contribution in [-0.4, -0.2) is 61.2 Å². The van der Waals surface area contributed by atoms with Crippen LogP contribution in [0.15, 0.2) is 72.8 Å². The lowest BCUT2D eigenvalue weighted by atomic mass is 9.89. The number of ether oxygens (including phenoxy) is 6. The molecule has 0 amide bonds. The van der Waals surface area contributed by atoms with Gasteiger partial charge in [0.25, 0.3) is 0 Å². The summed E-state index contributed by atoms with van der Waals surface area (Å²) in [6.07, 6.45) is -5.04. The summed E-state index contributed by atoms with van der Waals surface area (Å²) in [6, 6.07) is 21.9. The van der Waals surface area contributed by atoms with E-state index in [1.165, 1.54) is 27.7 Å². The maximum absolute atomic E-state index is 12.2. The Kier molecular flexibility index (Phi) is 11.0. The lowest BCUT2D eigenvalue weighted by molar-refractivity contribution is -0.254. The van der Waals surface area contributed by atoms with E-state index < -0.39 is 54.4 Å².